The monoisotopic (exact) mass is 473 g/mol. The molecule has 3 heterocycles. The number of benzene rings is 2. The zero-order valence-electron chi connectivity index (χ0n) is 17.5. The lowest BCUT2D eigenvalue weighted by Gasteiger charge is -2.40. The lowest BCUT2D eigenvalue weighted by atomic mass is 10.1. The van der Waals surface area contributed by atoms with Gasteiger partial charge in [-0.05, 0) is 36.4 Å². The molecule has 5 rings (SSSR count). The molecule has 2 aromatic rings. The van der Waals surface area contributed by atoms with Crippen LogP contribution in [-0.4, -0.2) is 72.1 Å². The minimum atomic E-state index is -0.586. The molecule has 0 saturated carbocycles. The maximum absolute atomic E-state index is 13.5. The highest BCUT2D eigenvalue weighted by Crippen LogP contribution is 2.35. The van der Waals surface area contributed by atoms with E-state index in [0.29, 0.717) is 34.7 Å². The minimum absolute atomic E-state index is 0.00903. The Morgan fingerprint density at radius 3 is 2.41 bits per heavy atom. The second kappa shape index (κ2) is 7.86. The summed E-state index contributed by atoms with van der Waals surface area (Å²) in [6, 6.07) is 11.8. The molecule has 0 radical (unpaired) electrons. The first kappa shape index (κ1) is 20.9. The average Bonchev–Trinajstić information content (AvgIpc) is 3.36. The molecule has 0 N–H and O–H groups in total. The Labute approximate surface area is 195 Å². The third kappa shape index (κ3) is 3.17. The number of ether oxygens (including phenoxy) is 1. The molecule has 3 amide bonds. The van der Waals surface area contributed by atoms with Crippen molar-refractivity contribution in [3.8, 4) is 5.75 Å². The van der Waals surface area contributed by atoms with Crippen molar-refractivity contribution in [3.05, 3.63) is 58.1 Å². The Bertz CT molecular complexity index is 1100. The molecule has 2 saturated heterocycles. The summed E-state index contributed by atoms with van der Waals surface area (Å²) in [7, 11) is 3.29. The highest BCUT2D eigenvalue weighted by Gasteiger charge is 2.54. The lowest BCUT2D eigenvalue weighted by Crippen LogP contribution is -2.64. The summed E-state index contributed by atoms with van der Waals surface area (Å²) in [6.45, 7) is 1.32. The number of carbonyl (C=O) groups is 2. The van der Waals surface area contributed by atoms with E-state index in [0.717, 1.165) is 11.4 Å². The zero-order chi connectivity index (χ0) is 22.6. The third-order valence-electron chi connectivity index (χ3n) is 6.14. The zero-order valence-corrected chi connectivity index (χ0v) is 19.0. The number of hydrogen-bond donors (Lipinski definition) is 0. The quantitative estimate of drug-likeness (QED) is 0.681. The molecule has 0 aromatic heterocycles. The van der Waals surface area contributed by atoms with Crippen LogP contribution in [0.5, 0.6) is 5.75 Å². The van der Waals surface area contributed by atoms with E-state index in [-0.39, 0.29) is 12.5 Å². The Morgan fingerprint density at radius 1 is 1.06 bits per heavy atom. The Kier molecular flexibility index (Phi) is 5.14. The normalized spacial score (nSPS) is 22.3. The van der Waals surface area contributed by atoms with Gasteiger partial charge in [-0.15, -0.1) is 0 Å². The number of halogens is 2. The van der Waals surface area contributed by atoms with Gasteiger partial charge in [-0.3, -0.25) is 9.69 Å². The van der Waals surface area contributed by atoms with Gasteiger partial charge < -0.3 is 19.4 Å². The predicted octanol–water partition coefficient (Wildman–Crippen LogP) is 3.28. The molecular formula is C22H21Cl2N5O3. The van der Waals surface area contributed by atoms with E-state index in [1.165, 1.54) is 9.80 Å². The van der Waals surface area contributed by atoms with Gasteiger partial charge in [-0.1, -0.05) is 29.3 Å². The first-order valence-corrected chi connectivity index (χ1v) is 10.9. The van der Waals surface area contributed by atoms with Gasteiger partial charge in [0.05, 0.1) is 13.7 Å². The molecule has 166 valence electrons. The van der Waals surface area contributed by atoms with Crippen LogP contribution >= 0.6 is 23.2 Å². The number of urea groups is 1. The molecule has 0 spiro atoms. The van der Waals surface area contributed by atoms with Gasteiger partial charge in [-0.2, -0.15) is 0 Å². The fourth-order valence-electron chi connectivity index (χ4n) is 4.43. The number of likely N-dealkylation sites (N-methyl/N-ethyl adjacent to an activating group) is 1. The number of guanidine groups is 1. The molecule has 2 fully saturated rings. The average molecular weight is 474 g/mol. The highest BCUT2D eigenvalue weighted by atomic mass is 35.5. The number of amides is 3. The standard InChI is InChI=1S/C22H21Cl2N5O3/c1-26-19-18(20(30)29(22(26)31)12-15-16(23)4-3-5-17(15)24)28-11-10-27(21(28)25-19)13-6-8-14(32-2)9-7-13/h3-9,18-19H,10-12H2,1-2H3. The number of imide groups is 1. The van der Waals surface area contributed by atoms with Crippen LogP contribution in [0, 0.1) is 0 Å². The molecular weight excluding hydrogens is 453 g/mol. The minimum Gasteiger partial charge on any atom is -0.497 e. The summed E-state index contributed by atoms with van der Waals surface area (Å²) < 4.78 is 5.24. The van der Waals surface area contributed by atoms with Crippen LogP contribution in [0.1, 0.15) is 5.56 Å². The van der Waals surface area contributed by atoms with Crippen molar-refractivity contribution in [2.45, 2.75) is 18.8 Å². The van der Waals surface area contributed by atoms with E-state index in [4.69, 9.17) is 32.9 Å². The van der Waals surface area contributed by atoms with Gasteiger partial charge >= 0.3 is 6.03 Å². The molecule has 0 aliphatic carbocycles. The van der Waals surface area contributed by atoms with E-state index >= 15 is 0 Å². The number of rotatable bonds is 4. The van der Waals surface area contributed by atoms with Crippen LogP contribution in [0.3, 0.4) is 0 Å². The SMILES string of the molecule is COc1ccc(N2CCN3C2=NC2C3C(=O)N(Cc3c(Cl)cccc3Cl)C(=O)N2C)cc1. The number of nitrogens with zero attached hydrogens (tertiary/aromatic N) is 5. The molecule has 3 aliphatic heterocycles. The van der Waals surface area contributed by atoms with Gasteiger partial charge in [0.1, 0.15) is 5.75 Å². The smallest absolute Gasteiger partial charge is 0.328 e. The molecule has 8 nitrogen and oxygen atoms in total. The number of methoxy groups -OCH3 is 1. The number of aliphatic imine (C=N–C) groups is 1. The summed E-state index contributed by atoms with van der Waals surface area (Å²) >= 11 is 12.6. The molecule has 2 atom stereocenters. The molecule has 32 heavy (non-hydrogen) atoms. The summed E-state index contributed by atoms with van der Waals surface area (Å²) in [5.41, 5.74) is 1.50. The van der Waals surface area contributed by atoms with Crippen molar-refractivity contribution in [2.24, 2.45) is 4.99 Å². The van der Waals surface area contributed by atoms with E-state index in [1.54, 1.807) is 32.4 Å². The molecule has 3 aliphatic rings. The Hall–Kier alpha value is -2.97. The number of anilines is 1. The van der Waals surface area contributed by atoms with Gasteiger partial charge in [0, 0.05) is 41.4 Å². The van der Waals surface area contributed by atoms with Crippen molar-refractivity contribution in [1.82, 2.24) is 14.7 Å². The maximum Gasteiger partial charge on any atom is 0.328 e. The number of carbonyl (C=O) groups excluding carboxylic acids is 2. The fraction of sp³-hybridized carbons (Fsp3) is 0.318. The van der Waals surface area contributed by atoms with Crippen molar-refractivity contribution >= 4 is 46.8 Å². The number of hydrogen-bond acceptors (Lipinski definition) is 6. The third-order valence-corrected chi connectivity index (χ3v) is 6.85. The van der Waals surface area contributed by atoms with Crippen molar-refractivity contribution < 1.29 is 14.3 Å². The maximum atomic E-state index is 13.5. The summed E-state index contributed by atoms with van der Waals surface area (Å²) in [5, 5.41) is 0.830. The predicted molar refractivity (Wildman–Crippen MR) is 122 cm³/mol. The summed E-state index contributed by atoms with van der Waals surface area (Å²) in [5.74, 6) is 1.15. The van der Waals surface area contributed by atoms with Crippen LogP contribution < -0.4 is 9.64 Å². The molecule has 10 heteroatoms. The van der Waals surface area contributed by atoms with Crippen LogP contribution in [0.4, 0.5) is 10.5 Å². The van der Waals surface area contributed by atoms with E-state index in [1.807, 2.05) is 29.2 Å². The van der Waals surface area contributed by atoms with Gasteiger partial charge in [0.15, 0.2) is 12.2 Å². The summed E-state index contributed by atoms with van der Waals surface area (Å²) in [4.78, 5) is 38.1. The van der Waals surface area contributed by atoms with Crippen LogP contribution in [0.25, 0.3) is 0 Å². The van der Waals surface area contributed by atoms with Gasteiger partial charge in [-0.25, -0.2) is 9.79 Å². The van der Waals surface area contributed by atoms with Crippen LogP contribution in [0.2, 0.25) is 10.0 Å². The molecule has 2 unspecified atom stereocenters. The number of fused-ring (bicyclic) bond motifs is 3. The first-order valence-electron chi connectivity index (χ1n) is 10.2. The van der Waals surface area contributed by atoms with Crippen molar-refractivity contribution in [3.63, 3.8) is 0 Å². The van der Waals surface area contributed by atoms with E-state index < -0.39 is 18.2 Å². The van der Waals surface area contributed by atoms with E-state index in [9.17, 15) is 9.59 Å². The second-order valence-corrected chi connectivity index (χ2v) is 8.66. The van der Waals surface area contributed by atoms with Crippen molar-refractivity contribution in [2.75, 3.05) is 32.1 Å². The topological polar surface area (TPSA) is 68.7 Å². The van der Waals surface area contributed by atoms with Crippen LogP contribution in [-0.2, 0) is 11.3 Å². The highest BCUT2D eigenvalue weighted by molar-refractivity contribution is 6.36. The second-order valence-electron chi connectivity index (χ2n) is 7.85. The first-order chi connectivity index (χ1) is 15.4. The lowest BCUT2D eigenvalue weighted by molar-refractivity contribution is -0.137. The Balaban J connectivity index is 1.44. The molecule has 0 bridgehead atoms. The summed E-state index contributed by atoms with van der Waals surface area (Å²) in [6.07, 6.45) is -0.580. The fourth-order valence-corrected chi connectivity index (χ4v) is 4.95. The van der Waals surface area contributed by atoms with E-state index in [2.05, 4.69) is 4.90 Å². The van der Waals surface area contributed by atoms with Gasteiger partial charge in [0.2, 0.25) is 5.96 Å². The largest absolute Gasteiger partial charge is 0.497 e. The van der Waals surface area contributed by atoms with Crippen molar-refractivity contribution in [1.29, 1.82) is 0 Å². The Morgan fingerprint density at radius 2 is 1.75 bits per heavy atom. The molecule has 2 aromatic carbocycles. The van der Waals surface area contributed by atoms with Crippen LogP contribution in [0.15, 0.2) is 47.5 Å². The van der Waals surface area contributed by atoms with Gasteiger partial charge in [0.25, 0.3) is 5.91 Å².